The first-order chi connectivity index (χ1) is 12.9. The third-order valence-corrected chi connectivity index (χ3v) is 3.77. The Morgan fingerprint density at radius 3 is 2.15 bits per heavy atom. The Morgan fingerprint density at radius 2 is 1.56 bits per heavy atom. The van der Waals surface area contributed by atoms with Crippen LogP contribution in [0, 0.1) is 0 Å². The predicted octanol–water partition coefficient (Wildman–Crippen LogP) is 2.28. The van der Waals surface area contributed by atoms with E-state index in [1.807, 2.05) is 32.0 Å². The van der Waals surface area contributed by atoms with Crippen LogP contribution >= 0.6 is 0 Å². The molecular formula is C21H24N2O4. The van der Waals surface area contributed by atoms with Gasteiger partial charge < -0.3 is 15.0 Å². The molecule has 0 aromatic heterocycles. The summed E-state index contributed by atoms with van der Waals surface area (Å²) in [6, 6.07) is 15.6. The Morgan fingerprint density at radius 1 is 0.963 bits per heavy atom. The van der Waals surface area contributed by atoms with Gasteiger partial charge in [0.2, 0.25) is 5.91 Å². The van der Waals surface area contributed by atoms with Gasteiger partial charge in [-0.1, -0.05) is 30.3 Å². The molecule has 2 amide bonds. The molecule has 142 valence electrons. The highest BCUT2D eigenvalue weighted by Gasteiger charge is 2.14. The Kier molecular flexibility index (Phi) is 7.11. The fourth-order valence-corrected chi connectivity index (χ4v) is 2.39. The van der Waals surface area contributed by atoms with E-state index in [0.717, 1.165) is 0 Å². The Bertz CT molecular complexity index is 786. The molecule has 1 N–H and O–H groups in total. The average Bonchev–Trinajstić information content (AvgIpc) is 2.65. The van der Waals surface area contributed by atoms with Crippen molar-refractivity contribution in [3.05, 3.63) is 65.7 Å². The van der Waals surface area contributed by atoms with Gasteiger partial charge in [0.1, 0.15) is 5.75 Å². The lowest BCUT2D eigenvalue weighted by atomic mass is 10.0. The molecule has 0 heterocycles. The zero-order chi connectivity index (χ0) is 19.8. The average molecular weight is 368 g/mol. The molecule has 0 aliphatic carbocycles. The van der Waals surface area contributed by atoms with Gasteiger partial charge in [0.05, 0.1) is 6.54 Å². The number of carbonyl (C=O) groups excluding carboxylic acids is 3. The van der Waals surface area contributed by atoms with E-state index >= 15 is 0 Å². The number of likely N-dealkylation sites (N-methyl/N-ethyl adjacent to an activating group) is 1. The van der Waals surface area contributed by atoms with Crippen LogP contribution in [0.4, 0.5) is 0 Å². The molecule has 2 aromatic rings. The van der Waals surface area contributed by atoms with Crippen molar-refractivity contribution < 1.29 is 19.1 Å². The number of benzene rings is 2. The monoisotopic (exact) mass is 368 g/mol. The van der Waals surface area contributed by atoms with Gasteiger partial charge in [0, 0.05) is 24.2 Å². The van der Waals surface area contributed by atoms with Crippen molar-refractivity contribution in [3.63, 3.8) is 0 Å². The summed E-state index contributed by atoms with van der Waals surface area (Å²) >= 11 is 0. The highest BCUT2D eigenvalue weighted by Crippen LogP contribution is 2.15. The molecule has 0 saturated carbocycles. The van der Waals surface area contributed by atoms with Crippen LogP contribution in [-0.2, 0) is 9.59 Å². The fourth-order valence-electron chi connectivity index (χ4n) is 2.39. The first kappa shape index (κ1) is 20.2. The number of rotatable bonds is 8. The second kappa shape index (κ2) is 9.52. The SMILES string of the molecule is CC(C)NC(=O)CN(C)C(=O)COc1ccc(C(=O)c2ccccc2)cc1. The number of nitrogens with zero attached hydrogens (tertiary/aromatic N) is 1. The fraction of sp³-hybridized carbons (Fsp3) is 0.286. The molecule has 0 bridgehead atoms. The van der Waals surface area contributed by atoms with Crippen LogP contribution in [0.15, 0.2) is 54.6 Å². The number of hydrogen-bond acceptors (Lipinski definition) is 4. The second-order valence-electron chi connectivity index (χ2n) is 6.48. The molecule has 0 aliphatic heterocycles. The molecule has 0 unspecified atom stereocenters. The number of amides is 2. The normalized spacial score (nSPS) is 10.4. The van der Waals surface area contributed by atoms with Gasteiger partial charge in [-0.25, -0.2) is 0 Å². The third kappa shape index (κ3) is 6.26. The molecular weight excluding hydrogens is 344 g/mol. The summed E-state index contributed by atoms with van der Waals surface area (Å²) in [7, 11) is 1.55. The maximum Gasteiger partial charge on any atom is 0.260 e. The summed E-state index contributed by atoms with van der Waals surface area (Å²) in [5, 5.41) is 2.73. The van der Waals surface area contributed by atoms with E-state index in [0.29, 0.717) is 16.9 Å². The van der Waals surface area contributed by atoms with Crippen molar-refractivity contribution in [3.8, 4) is 5.75 Å². The minimum atomic E-state index is -0.307. The zero-order valence-corrected chi connectivity index (χ0v) is 15.8. The summed E-state index contributed by atoms with van der Waals surface area (Å²) in [4.78, 5) is 37.4. The van der Waals surface area contributed by atoms with E-state index in [4.69, 9.17) is 4.74 Å². The standard InChI is InChI=1S/C21H24N2O4/c1-15(2)22-19(24)13-23(3)20(25)14-27-18-11-9-17(10-12-18)21(26)16-7-5-4-6-8-16/h4-12,15H,13-14H2,1-3H3,(H,22,24). The number of nitrogens with one attached hydrogen (secondary N) is 1. The molecule has 0 fully saturated rings. The molecule has 6 nitrogen and oxygen atoms in total. The molecule has 2 rings (SSSR count). The van der Waals surface area contributed by atoms with Crippen LogP contribution < -0.4 is 10.1 Å². The van der Waals surface area contributed by atoms with Crippen molar-refractivity contribution in [2.24, 2.45) is 0 Å². The number of ether oxygens (including phenoxy) is 1. The van der Waals surface area contributed by atoms with Gasteiger partial charge in [-0.2, -0.15) is 0 Å². The lowest BCUT2D eigenvalue weighted by Crippen LogP contribution is -2.42. The first-order valence-electron chi connectivity index (χ1n) is 8.72. The van der Waals surface area contributed by atoms with Gasteiger partial charge in [0.25, 0.3) is 5.91 Å². The maximum atomic E-state index is 12.4. The van der Waals surface area contributed by atoms with E-state index in [9.17, 15) is 14.4 Å². The molecule has 2 aromatic carbocycles. The molecule has 0 spiro atoms. The number of carbonyl (C=O) groups is 3. The van der Waals surface area contributed by atoms with Gasteiger partial charge in [0.15, 0.2) is 12.4 Å². The van der Waals surface area contributed by atoms with Crippen molar-refractivity contribution in [2.45, 2.75) is 19.9 Å². The van der Waals surface area contributed by atoms with Gasteiger partial charge >= 0.3 is 0 Å². The first-order valence-corrected chi connectivity index (χ1v) is 8.72. The topological polar surface area (TPSA) is 75.7 Å². The highest BCUT2D eigenvalue weighted by atomic mass is 16.5. The van der Waals surface area contributed by atoms with Crippen molar-refractivity contribution in [1.82, 2.24) is 10.2 Å². The van der Waals surface area contributed by atoms with Crippen LogP contribution in [0.5, 0.6) is 5.75 Å². The summed E-state index contributed by atoms with van der Waals surface area (Å²) < 4.78 is 5.46. The lowest BCUT2D eigenvalue weighted by Gasteiger charge is -2.18. The minimum absolute atomic E-state index is 0.0226. The van der Waals surface area contributed by atoms with Crippen LogP contribution in [-0.4, -0.2) is 48.7 Å². The maximum absolute atomic E-state index is 12.4. The van der Waals surface area contributed by atoms with Crippen molar-refractivity contribution in [2.75, 3.05) is 20.2 Å². The summed E-state index contributed by atoms with van der Waals surface area (Å²) in [6.07, 6.45) is 0. The summed E-state index contributed by atoms with van der Waals surface area (Å²) in [5.74, 6) is -0.120. The van der Waals surface area contributed by atoms with Crippen molar-refractivity contribution >= 4 is 17.6 Å². The quantitative estimate of drug-likeness (QED) is 0.726. The van der Waals surface area contributed by atoms with Crippen LogP contribution in [0.1, 0.15) is 29.8 Å². The largest absolute Gasteiger partial charge is 0.484 e. The van der Waals surface area contributed by atoms with Crippen molar-refractivity contribution in [1.29, 1.82) is 0 Å². The number of ketones is 1. The van der Waals surface area contributed by atoms with E-state index in [1.54, 1.807) is 43.4 Å². The third-order valence-electron chi connectivity index (χ3n) is 3.77. The Balaban J connectivity index is 1.86. The highest BCUT2D eigenvalue weighted by molar-refractivity contribution is 6.09. The number of hydrogen-bond donors (Lipinski definition) is 1. The molecule has 0 radical (unpaired) electrons. The molecule has 6 heteroatoms. The van der Waals surface area contributed by atoms with Crippen LogP contribution in [0.3, 0.4) is 0 Å². The Hall–Kier alpha value is -3.15. The minimum Gasteiger partial charge on any atom is -0.484 e. The molecule has 27 heavy (non-hydrogen) atoms. The Labute approximate surface area is 159 Å². The van der Waals surface area contributed by atoms with E-state index < -0.39 is 0 Å². The lowest BCUT2D eigenvalue weighted by molar-refractivity contribution is -0.136. The smallest absolute Gasteiger partial charge is 0.260 e. The zero-order valence-electron chi connectivity index (χ0n) is 15.8. The molecule has 0 saturated heterocycles. The van der Waals surface area contributed by atoms with E-state index in [-0.39, 0.29) is 36.8 Å². The second-order valence-corrected chi connectivity index (χ2v) is 6.48. The molecule has 0 aliphatic rings. The van der Waals surface area contributed by atoms with Gasteiger partial charge in [-0.05, 0) is 38.1 Å². The summed E-state index contributed by atoms with van der Waals surface area (Å²) in [6.45, 7) is 3.51. The van der Waals surface area contributed by atoms with Gasteiger partial charge in [-0.15, -0.1) is 0 Å². The molecule has 0 atom stereocenters. The van der Waals surface area contributed by atoms with E-state index in [1.165, 1.54) is 4.90 Å². The van der Waals surface area contributed by atoms with Gasteiger partial charge in [-0.3, -0.25) is 14.4 Å². The predicted molar refractivity (Wildman–Crippen MR) is 103 cm³/mol. The van der Waals surface area contributed by atoms with Crippen LogP contribution in [0.25, 0.3) is 0 Å². The van der Waals surface area contributed by atoms with E-state index in [2.05, 4.69) is 5.32 Å². The van der Waals surface area contributed by atoms with Crippen LogP contribution in [0.2, 0.25) is 0 Å². The summed E-state index contributed by atoms with van der Waals surface area (Å²) in [5.41, 5.74) is 1.16.